The topological polar surface area (TPSA) is 125 Å². The summed E-state index contributed by atoms with van der Waals surface area (Å²) in [5.74, 6) is -0.894. The molecule has 21 heavy (non-hydrogen) atoms. The molecule has 1 N–H and O–H groups in total. The Balaban J connectivity index is 2.31. The van der Waals surface area contributed by atoms with Crippen LogP contribution in [0.25, 0.3) is 0 Å². The highest BCUT2D eigenvalue weighted by molar-refractivity contribution is 5.84. The first kappa shape index (κ1) is 14.2. The second kappa shape index (κ2) is 5.82. The predicted molar refractivity (Wildman–Crippen MR) is 68.7 cm³/mol. The molecule has 0 aliphatic rings. The van der Waals surface area contributed by atoms with Gasteiger partial charge in [-0.05, 0) is 6.07 Å². The van der Waals surface area contributed by atoms with Crippen molar-refractivity contribution in [3.8, 4) is 17.4 Å². The summed E-state index contributed by atoms with van der Waals surface area (Å²) in [7, 11) is 1.38. The van der Waals surface area contributed by atoms with Gasteiger partial charge in [-0.2, -0.15) is 0 Å². The number of aromatic nitrogens is 2. The Labute approximate surface area is 117 Å². The van der Waals surface area contributed by atoms with Gasteiger partial charge in [-0.25, -0.2) is 14.8 Å². The zero-order valence-electron chi connectivity index (χ0n) is 10.7. The molecule has 0 unspecified atom stereocenters. The highest BCUT2D eigenvalue weighted by Crippen LogP contribution is 2.33. The Bertz CT molecular complexity index is 686. The van der Waals surface area contributed by atoms with E-state index in [1.165, 1.54) is 25.3 Å². The lowest BCUT2D eigenvalue weighted by Crippen LogP contribution is -2.01. The molecule has 0 spiro atoms. The molecule has 0 aliphatic heterocycles. The Morgan fingerprint density at radius 1 is 1.29 bits per heavy atom. The smallest absolute Gasteiger partial charge is 0.356 e. The number of ether oxygens (including phenoxy) is 2. The van der Waals surface area contributed by atoms with Gasteiger partial charge in [-0.15, -0.1) is 0 Å². The second-order valence-electron chi connectivity index (χ2n) is 3.74. The SMILES string of the molecule is COc1ccc([N+](=O)[O-])cc1Oc1cnc(C(=O)O)cn1. The molecule has 0 aliphatic carbocycles. The van der Waals surface area contributed by atoms with Crippen LogP contribution < -0.4 is 9.47 Å². The predicted octanol–water partition coefficient (Wildman–Crippen LogP) is 1.88. The average molecular weight is 291 g/mol. The summed E-state index contributed by atoms with van der Waals surface area (Å²) in [6, 6.07) is 3.82. The number of rotatable bonds is 5. The molecule has 0 atom stereocenters. The minimum atomic E-state index is -1.22. The van der Waals surface area contributed by atoms with Gasteiger partial charge >= 0.3 is 5.97 Å². The summed E-state index contributed by atoms with van der Waals surface area (Å²) in [4.78, 5) is 28.2. The number of carbonyl (C=O) groups is 1. The van der Waals surface area contributed by atoms with E-state index in [4.69, 9.17) is 14.6 Å². The van der Waals surface area contributed by atoms with Gasteiger partial charge in [-0.1, -0.05) is 0 Å². The summed E-state index contributed by atoms with van der Waals surface area (Å²) >= 11 is 0. The van der Waals surface area contributed by atoms with Crippen LogP contribution in [0, 0.1) is 10.1 Å². The van der Waals surface area contributed by atoms with E-state index in [0.717, 1.165) is 12.4 Å². The summed E-state index contributed by atoms with van der Waals surface area (Å²) in [6.45, 7) is 0. The van der Waals surface area contributed by atoms with Crippen LogP contribution in [-0.4, -0.2) is 33.1 Å². The molecule has 2 aromatic rings. The van der Waals surface area contributed by atoms with Crippen molar-refractivity contribution in [2.45, 2.75) is 0 Å². The molecule has 9 nitrogen and oxygen atoms in total. The van der Waals surface area contributed by atoms with Crippen LogP contribution in [0.4, 0.5) is 5.69 Å². The van der Waals surface area contributed by atoms with Crippen molar-refractivity contribution in [2.24, 2.45) is 0 Å². The minimum absolute atomic E-state index is 0.0150. The number of methoxy groups -OCH3 is 1. The highest BCUT2D eigenvalue weighted by atomic mass is 16.6. The van der Waals surface area contributed by atoms with E-state index >= 15 is 0 Å². The Morgan fingerprint density at radius 2 is 2.05 bits per heavy atom. The van der Waals surface area contributed by atoms with Crippen molar-refractivity contribution >= 4 is 11.7 Å². The van der Waals surface area contributed by atoms with Crippen LogP contribution in [0.3, 0.4) is 0 Å². The minimum Gasteiger partial charge on any atom is -0.493 e. The van der Waals surface area contributed by atoms with Crippen molar-refractivity contribution in [2.75, 3.05) is 7.11 Å². The van der Waals surface area contributed by atoms with Gasteiger partial charge in [0.15, 0.2) is 17.2 Å². The van der Waals surface area contributed by atoms with E-state index < -0.39 is 10.9 Å². The van der Waals surface area contributed by atoms with E-state index in [1.54, 1.807) is 0 Å². The number of nitro groups is 1. The van der Waals surface area contributed by atoms with Crippen molar-refractivity contribution in [3.63, 3.8) is 0 Å². The van der Waals surface area contributed by atoms with E-state index in [2.05, 4.69) is 9.97 Å². The second-order valence-corrected chi connectivity index (χ2v) is 3.74. The number of aromatic carboxylic acids is 1. The zero-order chi connectivity index (χ0) is 15.4. The number of nitrogens with zero attached hydrogens (tertiary/aromatic N) is 3. The maximum absolute atomic E-state index is 10.7. The van der Waals surface area contributed by atoms with E-state index in [-0.39, 0.29) is 28.8 Å². The molecule has 0 saturated heterocycles. The van der Waals surface area contributed by atoms with E-state index in [1.807, 2.05) is 0 Å². The van der Waals surface area contributed by atoms with Gasteiger partial charge in [0.25, 0.3) is 5.69 Å². The standard InChI is InChI=1S/C12H9N3O6/c1-20-9-3-2-7(15(18)19)4-10(9)21-11-6-13-8(5-14-11)12(16)17/h2-6H,1H3,(H,16,17). The molecule has 0 fully saturated rings. The Morgan fingerprint density at radius 3 is 2.57 bits per heavy atom. The van der Waals surface area contributed by atoms with Crippen molar-refractivity contribution in [1.29, 1.82) is 0 Å². The average Bonchev–Trinajstić information content (AvgIpc) is 2.47. The lowest BCUT2D eigenvalue weighted by molar-refractivity contribution is -0.384. The van der Waals surface area contributed by atoms with Crippen molar-refractivity contribution in [1.82, 2.24) is 9.97 Å². The molecule has 0 amide bonds. The number of non-ortho nitro benzene ring substituents is 1. The maximum atomic E-state index is 10.7. The molecule has 9 heteroatoms. The van der Waals surface area contributed by atoms with E-state index in [0.29, 0.717) is 0 Å². The number of carboxylic acids is 1. The Kier molecular flexibility index (Phi) is 3.93. The van der Waals surface area contributed by atoms with Gasteiger partial charge in [-0.3, -0.25) is 10.1 Å². The molecule has 1 aromatic carbocycles. The van der Waals surface area contributed by atoms with Gasteiger partial charge < -0.3 is 14.6 Å². The number of benzene rings is 1. The molecule has 1 heterocycles. The van der Waals surface area contributed by atoms with Crippen LogP contribution in [0.5, 0.6) is 17.4 Å². The molecule has 0 saturated carbocycles. The van der Waals surface area contributed by atoms with Gasteiger partial charge in [0.05, 0.1) is 30.5 Å². The van der Waals surface area contributed by atoms with Gasteiger partial charge in [0.1, 0.15) is 0 Å². The monoisotopic (exact) mass is 291 g/mol. The quantitative estimate of drug-likeness (QED) is 0.653. The zero-order valence-corrected chi connectivity index (χ0v) is 10.7. The van der Waals surface area contributed by atoms with Crippen molar-refractivity contribution in [3.05, 3.63) is 46.4 Å². The fraction of sp³-hybridized carbons (Fsp3) is 0.0833. The number of hydrogen-bond donors (Lipinski definition) is 1. The largest absolute Gasteiger partial charge is 0.493 e. The first-order chi connectivity index (χ1) is 10.0. The highest BCUT2D eigenvalue weighted by Gasteiger charge is 2.14. The van der Waals surface area contributed by atoms with Crippen LogP contribution >= 0.6 is 0 Å². The van der Waals surface area contributed by atoms with Crippen molar-refractivity contribution < 1.29 is 24.3 Å². The molecule has 1 aromatic heterocycles. The third-order valence-electron chi connectivity index (χ3n) is 2.42. The third kappa shape index (κ3) is 3.21. The summed E-state index contributed by atoms with van der Waals surface area (Å²) in [5, 5.41) is 19.4. The molecular weight excluding hydrogens is 282 g/mol. The fourth-order valence-electron chi connectivity index (χ4n) is 1.45. The summed E-state index contributed by atoms with van der Waals surface area (Å²) in [5.41, 5.74) is -0.422. The van der Waals surface area contributed by atoms with Gasteiger partial charge in [0, 0.05) is 6.07 Å². The van der Waals surface area contributed by atoms with Crippen LogP contribution in [0.15, 0.2) is 30.6 Å². The molecule has 2 rings (SSSR count). The van der Waals surface area contributed by atoms with Crippen LogP contribution in [0.1, 0.15) is 10.5 Å². The molecule has 0 radical (unpaired) electrons. The van der Waals surface area contributed by atoms with Crippen LogP contribution in [0.2, 0.25) is 0 Å². The number of carboxylic acid groups (broad SMARTS) is 1. The number of nitro benzene ring substituents is 1. The Hall–Kier alpha value is -3.23. The lowest BCUT2D eigenvalue weighted by Gasteiger charge is -2.08. The fourth-order valence-corrected chi connectivity index (χ4v) is 1.45. The molecule has 108 valence electrons. The summed E-state index contributed by atoms with van der Waals surface area (Å²) < 4.78 is 10.4. The third-order valence-corrected chi connectivity index (χ3v) is 2.42. The maximum Gasteiger partial charge on any atom is 0.356 e. The summed E-state index contributed by atoms with van der Waals surface area (Å²) in [6.07, 6.45) is 2.11. The van der Waals surface area contributed by atoms with E-state index in [9.17, 15) is 14.9 Å². The number of hydrogen-bond acceptors (Lipinski definition) is 7. The first-order valence-electron chi connectivity index (χ1n) is 5.57. The lowest BCUT2D eigenvalue weighted by atomic mass is 10.3. The normalized spacial score (nSPS) is 9.95. The molecule has 0 bridgehead atoms. The first-order valence-corrected chi connectivity index (χ1v) is 5.57. The van der Waals surface area contributed by atoms with Gasteiger partial charge in [0.2, 0.25) is 5.88 Å². The molecular formula is C12H9N3O6. The van der Waals surface area contributed by atoms with Crippen LogP contribution in [-0.2, 0) is 0 Å².